The zero-order chi connectivity index (χ0) is 14.0. The molecule has 0 N–H and O–H groups in total. The maximum Gasteiger partial charge on any atom is 0.153 e. The van der Waals surface area contributed by atoms with Gasteiger partial charge in [-0.3, -0.25) is 4.79 Å². The molecule has 19 heavy (non-hydrogen) atoms. The fourth-order valence-corrected chi connectivity index (χ4v) is 2.25. The summed E-state index contributed by atoms with van der Waals surface area (Å²) in [5.74, 6) is 0.212. The van der Waals surface area contributed by atoms with E-state index < -0.39 is 5.82 Å². The van der Waals surface area contributed by atoms with Gasteiger partial charge in [0, 0.05) is 5.56 Å². The van der Waals surface area contributed by atoms with Gasteiger partial charge in [-0.1, -0.05) is 12.1 Å². The fraction of sp³-hybridized carbons (Fsp3) is 0.188. The first-order valence-electron chi connectivity index (χ1n) is 5.97. The summed E-state index contributed by atoms with van der Waals surface area (Å²) in [6.45, 7) is 3.95. The standard InChI is InChI=1S/C16H15FO2/c1-10-6-11(2)16(15(7-10)19-3)12-4-5-14(17)13(8-12)9-18/h4-9H,1-3H3. The van der Waals surface area contributed by atoms with Crippen molar-refractivity contribution in [1.82, 2.24) is 0 Å². The van der Waals surface area contributed by atoms with Crippen molar-refractivity contribution in [3.8, 4) is 16.9 Å². The molecule has 0 heterocycles. The van der Waals surface area contributed by atoms with E-state index >= 15 is 0 Å². The number of hydrogen-bond donors (Lipinski definition) is 0. The molecular weight excluding hydrogens is 243 g/mol. The lowest BCUT2D eigenvalue weighted by Gasteiger charge is -2.13. The second kappa shape index (κ2) is 5.22. The van der Waals surface area contributed by atoms with Gasteiger partial charge in [-0.2, -0.15) is 0 Å². The van der Waals surface area contributed by atoms with Crippen molar-refractivity contribution >= 4 is 6.29 Å². The van der Waals surface area contributed by atoms with Crippen molar-refractivity contribution in [3.63, 3.8) is 0 Å². The predicted molar refractivity (Wildman–Crippen MR) is 73.2 cm³/mol. The molecule has 0 aliphatic heterocycles. The highest BCUT2D eigenvalue weighted by Crippen LogP contribution is 2.34. The molecule has 0 spiro atoms. The van der Waals surface area contributed by atoms with E-state index in [1.165, 1.54) is 6.07 Å². The minimum Gasteiger partial charge on any atom is -0.496 e. The van der Waals surface area contributed by atoms with E-state index in [0.717, 1.165) is 28.0 Å². The van der Waals surface area contributed by atoms with Gasteiger partial charge in [-0.05, 0) is 48.7 Å². The first-order chi connectivity index (χ1) is 9.06. The van der Waals surface area contributed by atoms with E-state index in [1.807, 2.05) is 26.0 Å². The number of carbonyl (C=O) groups is 1. The highest BCUT2D eigenvalue weighted by molar-refractivity contribution is 5.82. The topological polar surface area (TPSA) is 26.3 Å². The van der Waals surface area contributed by atoms with Crippen molar-refractivity contribution in [2.75, 3.05) is 7.11 Å². The molecule has 0 fully saturated rings. The number of halogens is 1. The molecular formula is C16H15FO2. The zero-order valence-corrected chi connectivity index (χ0v) is 11.2. The van der Waals surface area contributed by atoms with Gasteiger partial charge in [0.15, 0.2) is 6.29 Å². The van der Waals surface area contributed by atoms with Gasteiger partial charge >= 0.3 is 0 Å². The Bertz CT molecular complexity index is 633. The molecule has 2 nitrogen and oxygen atoms in total. The third-order valence-electron chi connectivity index (χ3n) is 3.08. The van der Waals surface area contributed by atoms with E-state index in [4.69, 9.17) is 4.74 Å². The maximum atomic E-state index is 13.4. The zero-order valence-electron chi connectivity index (χ0n) is 11.2. The van der Waals surface area contributed by atoms with Gasteiger partial charge in [-0.25, -0.2) is 4.39 Å². The summed E-state index contributed by atoms with van der Waals surface area (Å²) in [6.07, 6.45) is 0.523. The molecule has 0 saturated heterocycles. The van der Waals surface area contributed by atoms with Crippen molar-refractivity contribution in [2.45, 2.75) is 13.8 Å². The van der Waals surface area contributed by atoms with Crippen LogP contribution in [-0.4, -0.2) is 13.4 Å². The largest absolute Gasteiger partial charge is 0.496 e. The van der Waals surface area contributed by atoms with Crippen molar-refractivity contribution in [3.05, 3.63) is 52.8 Å². The third-order valence-corrected chi connectivity index (χ3v) is 3.08. The SMILES string of the molecule is COc1cc(C)cc(C)c1-c1ccc(F)c(C=O)c1. The van der Waals surface area contributed by atoms with Crippen LogP contribution in [0, 0.1) is 19.7 Å². The highest BCUT2D eigenvalue weighted by Gasteiger charge is 2.12. The van der Waals surface area contributed by atoms with Crippen LogP contribution in [-0.2, 0) is 0 Å². The molecule has 98 valence electrons. The van der Waals surface area contributed by atoms with Gasteiger partial charge < -0.3 is 4.74 Å². The Hall–Kier alpha value is -2.16. The molecule has 0 bridgehead atoms. The lowest BCUT2D eigenvalue weighted by atomic mass is 9.96. The number of aldehydes is 1. The van der Waals surface area contributed by atoms with Gasteiger partial charge in [0.25, 0.3) is 0 Å². The summed E-state index contributed by atoms with van der Waals surface area (Å²) in [7, 11) is 1.60. The molecule has 0 saturated carbocycles. The quantitative estimate of drug-likeness (QED) is 0.780. The number of hydrogen-bond acceptors (Lipinski definition) is 2. The number of rotatable bonds is 3. The van der Waals surface area contributed by atoms with Crippen LogP contribution in [0.4, 0.5) is 4.39 Å². The molecule has 2 rings (SSSR count). The van der Waals surface area contributed by atoms with E-state index in [9.17, 15) is 9.18 Å². The number of methoxy groups -OCH3 is 1. The smallest absolute Gasteiger partial charge is 0.153 e. The molecule has 0 aromatic heterocycles. The molecule has 0 radical (unpaired) electrons. The van der Waals surface area contributed by atoms with Crippen LogP contribution in [0.25, 0.3) is 11.1 Å². The Morgan fingerprint density at radius 2 is 1.89 bits per heavy atom. The second-order valence-corrected chi connectivity index (χ2v) is 4.51. The van der Waals surface area contributed by atoms with Gasteiger partial charge in [0.1, 0.15) is 11.6 Å². The van der Waals surface area contributed by atoms with Crippen molar-refractivity contribution in [2.24, 2.45) is 0 Å². The van der Waals surface area contributed by atoms with Crippen LogP contribution in [0.15, 0.2) is 30.3 Å². The lowest BCUT2D eigenvalue weighted by molar-refractivity contribution is 0.112. The Morgan fingerprint density at radius 3 is 2.53 bits per heavy atom. The summed E-state index contributed by atoms with van der Waals surface area (Å²) < 4.78 is 18.8. The second-order valence-electron chi connectivity index (χ2n) is 4.51. The Labute approximate surface area is 111 Å². The average Bonchev–Trinajstić information content (AvgIpc) is 2.39. The van der Waals surface area contributed by atoms with Crippen LogP contribution in [0.1, 0.15) is 21.5 Å². The van der Waals surface area contributed by atoms with E-state index in [-0.39, 0.29) is 5.56 Å². The summed E-state index contributed by atoms with van der Waals surface area (Å²) in [5, 5.41) is 0. The van der Waals surface area contributed by atoms with Crippen LogP contribution in [0.3, 0.4) is 0 Å². The van der Waals surface area contributed by atoms with Crippen LogP contribution in [0.2, 0.25) is 0 Å². The number of ether oxygens (including phenoxy) is 1. The summed E-state index contributed by atoms with van der Waals surface area (Å²) >= 11 is 0. The van der Waals surface area contributed by atoms with Gasteiger partial charge in [0.2, 0.25) is 0 Å². The fourth-order valence-electron chi connectivity index (χ4n) is 2.25. The number of benzene rings is 2. The molecule has 0 aliphatic carbocycles. The summed E-state index contributed by atoms with van der Waals surface area (Å²) in [5.41, 5.74) is 3.84. The number of carbonyl (C=O) groups excluding carboxylic acids is 1. The van der Waals surface area contributed by atoms with Crippen molar-refractivity contribution < 1.29 is 13.9 Å². The minimum absolute atomic E-state index is 0.0551. The number of aryl methyl sites for hydroxylation is 2. The molecule has 0 amide bonds. The molecule has 2 aromatic rings. The first-order valence-corrected chi connectivity index (χ1v) is 5.97. The monoisotopic (exact) mass is 258 g/mol. The Balaban J connectivity index is 2.67. The van der Waals surface area contributed by atoms with Crippen LogP contribution >= 0.6 is 0 Å². The summed E-state index contributed by atoms with van der Waals surface area (Å²) in [6, 6.07) is 8.46. The Morgan fingerprint density at radius 1 is 1.16 bits per heavy atom. The normalized spacial score (nSPS) is 10.3. The van der Waals surface area contributed by atoms with Crippen LogP contribution < -0.4 is 4.74 Å². The highest BCUT2D eigenvalue weighted by atomic mass is 19.1. The molecule has 0 unspecified atom stereocenters. The average molecular weight is 258 g/mol. The predicted octanol–water partition coefficient (Wildman–Crippen LogP) is 3.93. The minimum atomic E-state index is -0.512. The molecule has 0 aliphatic rings. The van der Waals surface area contributed by atoms with Gasteiger partial charge in [-0.15, -0.1) is 0 Å². The molecule has 2 aromatic carbocycles. The lowest BCUT2D eigenvalue weighted by Crippen LogP contribution is -1.95. The van der Waals surface area contributed by atoms with E-state index in [1.54, 1.807) is 19.2 Å². The van der Waals surface area contributed by atoms with Crippen molar-refractivity contribution in [1.29, 1.82) is 0 Å². The van der Waals surface area contributed by atoms with Gasteiger partial charge in [0.05, 0.1) is 12.7 Å². The van der Waals surface area contributed by atoms with E-state index in [0.29, 0.717) is 6.29 Å². The van der Waals surface area contributed by atoms with E-state index in [2.05, 4.69) is 0 Å². The summed E-state index contributed by atoms with van der Waals surface area (Å²) in [4.78, 5) is 10.8. The first kappa shape index (κ1) is 13.3. The Kier molecular flexibility index (Phi) is 3.65. The molecule has 0 atom stereocenters. The maximum absolute atomic E-state index is 13.4. The molecule has 3 heteroatoms. The third kappa shape index (κ3) is 2.50. The van der Waals surface area contributed by atoms with Crippen LogP contribution in [0.5, 0.6) is 5.75 Å².